The number of rotatable bonds is 2. The monoisotopic (exact) mass is 287 g/mol. The van der Waals surface area contributed by atoms with Gasteiger partial charge in [0.2, 0.25) is 0 Å². The van der Waals surface area contributed by atoms with Gasteiger partial charge in [0, 0.05) is 26.7 Å². The highest BCUT2D eigenvalue weighted by Gasteiger charge is 2.37. The standard InChI is InChI=1S/C7H5BrF3NOS/c8-12-5-1-3-6(4-2-5)14(13)7(9,10)11/h1-4,12H. The SMILES string of the molecule is O=S(c1ccc(NBr)cc1)C(F)(F)F. The Morgan fingerprint density at radius 2 is 1.71 bits per heavy atom. The van der Waals surface area contributed by atoms with Gasteiger partial charge in [-0.05, 0) is 24.3 Å². The third kappa shape index (κ3) is 2.71. The van der Waals surface area contributed by atoms with Crippen molar-refractivity contribution in [2.45, 2.75) is 10.4 Å². The quantitative estimate of drug-likeness (QED) is 0.847. The molecule has 1 aromatic rings. The zero-order chi connectivity index (χ0) is 10.8. The molecule has 1 rings (SSSR count). The molecule has 0 bridgehead atoms. The topological polar surface area (TPSA) is 29.1 Å². The number of benzene rings is 1. The van der Waals surface area contributed by atoms with Crippen molar-refractivity contribution < 1.29 is 17.4 Å². The molecule has 0 aliphatic carbocycles. The van der Waals surface area contributed by atoms with Gasteiger partial charge in [-0.15, -0.1) is 0 Å². The van der Waals surface area contributed by atoms with Crippen LogP contribution in [0.1, 0.15) is 0 Å². The lowest BCUT2D eigenvalue weighted by atomic mass is 10.3. The van der Waals surface area contributed by atoms with E-state index in [1.807, 2.05) is 0 Å². The molecule has 1 atom stereocenters. The van der Waals surface area contributed by atoms with Crippen molar-refractivity contribution in [1.29, 1.82) is 0 Å². The van der Waals surface area contributed by atoms with E-state index in [0.29, 0.717) is 5.69 Å². The van der Waals surface area contributed by atoms with E-state index in [4.69, 9.17) is 0 Å². The molecule has 0 aromatic heterocycles. The van der Waals surface area contributed by atoms with Crippen molar-refractivity contribution in [3.63, 3.8) is 0 Å². The molecule has 0 aliphatic heterocycles. The van der Waals surface area contributed by atoms with Crippen LogP contribution < -0.4 is 4.34 Å². The van der Waals surface area contributed by atoms with Crippen molar-refractivity contribution in [3.8, 4) is 0 Å². The highest BCUT2D eigenvalue weighted by Crippen LogP contribution is 2.26. The van der Waals surface area contributed by atoms with E-state index >= 15 is 0 Å². The Balaban J connectivity index is 2.93. The van der Waals surface area contributed by atoms with Crippen LogP contribution in [0, 0.1) is 0 Å². The first-order chi connectivity index (χ1) is 6.45. The van der Waals surface area contributed by atoms with Crippen LogP contribution >= 0.6 is 16.1 Å². The van der Waals surface area contributed by atoms with Gasteiger partial charge in [0.15, 0.2) is 10.8 Å². The third-order valence-corrected chi connectivity index (χ3v) is 2.97. The number of alkyl halides is 3. The second kappa shape index (κ2) is 4.31. The first-order valence-electron chi connectivity index (χ1n) is 3.40. The zero-order valence-electron chi connectivity index (χ0n) is 6.64. The summed E-state index contributed by atoms with van der Waals surface area (Å²) < 4.78 is 49.4. The minimum absolute atomic E-state index is 0.260. The van der Waals surface area contributed by atoms with Gasteiger partial charge < -0.3 is 4.34 Å². The molecule has 0 heterocycles. The minimum Gasteiger partial charge on any atom is -0.322 e. The summed E-state index contributed by atoms with van der Waals surface area (Å²) in [6.45, 7) is 0. The fourth-order valence-corrected chi connectivity index (χ4v) is 1.69. The summed E-state index contributed by atoms with van der Waals surface area (Å²) in [6, 6.07) is 5.11. The lowest BCUT2D eigenvalue weighted by Crippen LogP contribution is -2.16. The number of halogens is 4. The maximum absolute atomic E-state index is 12.0. The Morgan fingerprint density at radius 1 is 1.21 bits per heavy atom. The van der Waals surface area contributed by atoms with Crippen LogP contribution in [-0.2, 0) is 10.8 Å². The number of hydrogen-bond donors (Lipinski definition) is 1. The minimum atomic E-state index is -4.71. The van der Waals surface area contributed by atoms with Crippen molar-refractivity contribution in [3.05, 3.63) is 24.3 Å². The van der Waals surface area contributed by atoms with Gasteiger partial charge in [0.05, 0.1) is 0 Å². The predicted molar refractivity (Wildman–Crippen MR) is 51.5 cm³/mol. The Morgan fingerprint density at radius 3 is 2.07 bits per heavy atom. The molecule has 1 N–H and O–H groups in total. The summed E-state index contributed by atoms with van der Waals surface area (Å²) in [4.78, 5) is -0.260. The van der Waals surface area contributed by atoms with Crippen LogP contribution in [0.2, 0.25) is 0 Å². The molecular formula is C7H5BrF3NOS. The van der Waals surface area contributed by atoms with Gasteiger partial charge in [0.1, 0.15) is 0 Å². The average molecular weight is 288 g/mol. The van der Waals surface area contributed by atoms with Crippen LogP contribution in [-0.4, -0.2) is 9.72 Å². The van der Waals surface area contributed by atoms with E-state index in [1.54, 1.807) is 0 Å². The molecule has 14 heavy (non-hydrogen) atoms. The van der Waals surface area contributed by atoms with E-state index in [0.717, 1.165) is 12.1 Å². The molecule has 0 amide bonds. The molecular weight excluding hydrogens is 283 g/mol. The second-order valence-electron chi connectivity index (χ2n) is 2.33. The average Bonchev–Trinajstić information content (AvgIpc) is 2.15. The van der Waals surface area contributed by atoms with Gasteiger partial charge >= 0.3 is 5.51 Å². The van der Waals surface area contributed by atoms with Gasteiger partial charge in [-0.25, -0.2) is 4.21 Å². The highest BCUT2D eigenvalue weighted by molar-refractivity contribution is 9.10. The summed E-state index contributed by atoms with van der Waals surface area (Å²) >= 11 is 2.91. The maximum atomic E-state index is 12.0. The van der Waals surface area contributed by atoms with Gasteiger partial charge in [0.25, 0.3) is 0 Å². The Hall–Kier alpha value is -0.560. The molecule has 0 radical (unpaired) electrons. The van der Waals surface area contributed by atoms with E-state index in [-0.39, 0.29) is 4.90 Å². The van der Waals surface area contributed by atoms with E-state index in [2.05, 4.69) is 20.5 Å². The van der Waals surface area contributed by atoms with Crippen molar-refractivity contribution in [2.75, 3.05) is 4.34 Å². The van der Waals surface area contributed by atoms with Crippen LogP contribution in [0.3, 0.4) is 0 Å². The lowest BCUT2D eigenvalue weighted by molar-refractivity contribution is -0.0384. The fourth-order valence-electron chi connectivity index (χ4n) is 0.775. The van der Waals surface area contributed by atoms with Crippen LogP contribution in [0.15, 0.2) is 29.2 Å². The Labute approximate surface area is 89.3 Å². The first kappa shape index (κ1) is 11.5. The molecule has 0 saturated heterocycles. The molecule has 78 valence electrons. The molecule has 2 nitrogen and oxygen atoms in total. The first-order valence-corrected chi connectivity index (χ1v) is 5.35. The van der Waals surface area contributed by atoms with Crippen molar-refractivity contribution in [2.24, 2.45) is 0 Å². The molecule has 1 unspecified atom stereocenters. The van der Waals surface area contributed by atoms with Crippen LogP contribution in [0.4, 0.5) is 18.9 Å². The van der Waals surface area contributed by atoms with Crippen molar-refractivity contribution in [1.82, 2.24) is 0 Å². The highest BCUT2D eigenvalue weighted by atomic mass is 79.9. The summed E-state index contributed by atoms with van der Waals surface area (Å²) in [5.74, 6) is 0. The second-order valence-corrected chi connectivity index (χ2v) is 4.20. The fraction of sp³-hybridized carbons (Fsp3) is 0.143. The van der Waals surface area contributed by atoms with E-state index in [9.17, 15) is 17.4 Å². The van der Waals surface area contributed by atoms with Crippen LogP contribution in [0.5, 0.6) is 0 Å². The number of nitrogens with one attached hydrogen (secondary N) is 1. The molecule has 7 heteroatoms. The van der Waals surface area contributed by atoms with Gasteiger partial charge in [-0.2, -0.15) is 13.2 Å². The summed E-state index contributed by atoms with van der Waals surface area (Å²) in [5.41, 5.74) is -4.11. The van der Waals surface area contributed by atoms with E-state index < -0.39 is 16.3 Å². The summed E-state index contributed by atoms with van der Waals surface area (Å²) in [6.07, 6.45) is 0. The molecule has 0 saturated carbocycles. The zero-order valence-corrected chi connectivity index (χ0v) is 9.04. The Bertz CT molecular complexity index is 338. The summed E-state index contributed by atoms with van der Waals surface area (Å²) in [5, 5.41) is 0. The normalized spacial score (nSPS) is 13.7. The molecule has 1 aromatic carbocycles. The lowest BCUT2D eigenvalue weighted by Gasteiger charge is -2.06. The van der Waals surface area contributed by atoms with E-state index in [1.165, 1.54) is 12.1 Å². The number of anilines is 1. The van der Waals surface area contributed by atoms with Crippen LogP contribution in [0.25, 0.3) is 0 Å². The molecule has 0 fully saturated rings. The van der Waals surface area contributed by atoms with Gasteiger partial charge in [-0.3, -0.25) is 0 Å². The third-order valence-electron chi connectivity index (χ3n) is 1.39. The summed E-state index contributed by atoms with van der Waals surface area (Å²) in [7, 11) is -2.95. The number of hydrogen-bond acceptors (Lipinski definition) is 2. The molecule has 0 spiro atoms. The van der Waals surface area contributed by atoms with Crippen molar-refractivity contribution >= 4 is 32.6 Å². The molecule has 0 aliphatic rings. The van der Waals surface area contributed by atoms with Gasteiger partial charge in [-0.1, -0.05) is 0 Å². The smallest absolute Gasteiger partial charge is 0.322 e. The maximum Gasteiger partial charge on any atom is 0.475 e. The Kier molecular flexibility index (Phi) is 3.54. The predicted octanol–water partition coefficient (Wildman–Crippen LogP) is 3.04. The largest absolute Gasteiger partial charge is 0.475 e.